The first-order valence-corrected chi connectivity index (χ1v) is 9.56. The van der Waals surface area contributed by atoms with Crippen LogP contribution in [0.1, 0.15) is 78.6 Å². The third-order valence-electron chi connectivity index (χ3n) is 7.06. The minimum atomic E-state index is 0. The van der Waals surface area contributed by atoms with Gasteiger partial charge in [0.25, 0.3) is 0 Å². The summed E-state index contributed by atoms with van der Waals surface area (Å²) in [6, 6.07) is 16.6. The summed E-state index contributed by atoms with van der Waals surface area (Å²) in [5, 5.41) is 0. The molecule has 28 heavy (non-hydrogen) atoms. The van der Waals surface area contributed by atoms with Crippen molar-refractivity contribution in [1.29, 1.82) is 0 Å². The van der Waals surface area contributed by atoms with E-state index >= 15 is 0 Å². The molecule has 6 rings (SSSR count). The smallest absolute Gasteiger partial charge is 0 e. The first-order valence-electron chi connectivity index (χ1n) is 9.56. The Hall–Kier alpha value is -0.132. The van der Waals surface area contributed by atoms with Gasteiger partial charge in [-0.25, -0.2) is 0 Å². The van der Waals surface area contributed by atoms with Gasteiger partial charge in [-0.15, -0.1) is 22.3 Å². The molecule has 0 aliphatic heterocycles. The third-order valence-corrected chi connectivity index (χ3v) is 7.06. The van der Waals surface area contributed by atoms with Crippen molar-refractivity contribution in [3.8, 4) is 0 Å². The average Bonchev–Trinajstić information content (AvgIpc) is 2.63. The molecule has 0 unspecified atom stereocenters. The molecule has 3 aromatic rings. The summed E-state index contributed by atoms with van der Waals surface area (Å²) in [5.41, 5.74) is 17.0. The Balaban J connectivity index is 0.00000112. The first kappa shape index (κ1) is 22.6. The summed E-state index contributed by atoms with van der Waals surface area (Å²) >= 11 is 0. The second-order valence-electron chi connectivity index (χ2n) is 8.15. The molecule has 0 saturated carbocycles. The van der Waals surface area contributed by atoms with Crippen LogP contribution >= 0.6 is 0 Å². The SMILES string of the molecule is Cc1[c-]c2c(c(C)c1C)C1c3ccccc3C2c2[c-]c(C)c(C)c(C)c21.[Y].[Y]. The molecule has 0 N–H and O–H groups in total. The van der Waals surface area contributed by atoms with E-state index < -0.39 is 0 Å². The Morgan fingerprint density at radius 2 is 0.964 bits per heavy atom. The monoisotopic (exact) mass is 514 g/mol. The molecule has 136 valence electrons. The molecule has 3 aliphatic carbocycles. The van der Waals surface area contributed by atoms with E-state index in [1.807, 2.05) is 0 Å². The van der Waals surface area contributed by atoms with Gasteiger partial charge in [-0.1, -0.05) is 77.3 Å². The maximum atomic E-state index is 3.78. The van der Waals surface area contributed by atoms with Crippen molar-refractivity contribution in [2.45, 2.75) is 53.4 Å². The molecule has 0 spiro atoms. The Kier molecular flexibility index (Phi) is 6.32. The second-order valence-corrected chi connectivity index (χ2v) is 8.15. The number of aryl methyl sites for hydroxylation is 2. The predicted octanol–water partition coefficient (Wildman–Crippen LogP) is 6.12. The maximum Gasteiger partial charge on any atom is 0 e. The summed E-state index contributed by atoms with van der Waals surface area (Å²) in [7, 11) is 0. The van der Waals surface area contributed by atoms with Crippen molar-refractivity contribution in [3.05, 3.63) is 103 Å². The van der Waals surface area contributed by atoms with Crippen LogP contribution in [-0.4, -0.2) is 0 Å². The quantitative estimate of drug-likeness (QED) is 0.219. The van der Waals surface area contributed by atoms with E-state index in [0.29, 0.717) is 5.92 Å². The van der Waals surface area contributed by atoms with Gasteiger partial charge in [-0.05, 0) is 11.5 Å². The first-order chi connectivity index (χ1) is 12.4. The van der Waals surface area contributed by atoms with E-state index in [1.165, 1.54) is 66.8 Å². The number of rotatable bonds is 0. The van der Waals surface area contributed by atoms with Crippen molar-refractivity contribution in [2.75, 3.05) is 0 Å². The Labute approximate surface area is 219 Å². The van der Waals surface area contributed by atoms with E-state index in [9.17, 15) is 0 Å². The predicted molar refractivity (Wildman–Crippen MR) is 107 cm³/mol. The summed E-state index contributed by atoms with van der Waals surface area (Å²) < 4.78 is 0. The van der Waals surface area contributed by atoms with Gasteiger partial charge in [0.05, 0.1) is 0 Å². The summed E-state index contributed by atoms with van der Waals surface area (Å²) in [5.74, 6) is 0.601. The van der Waals surface area contributed by atoms with Gasteiger partial charge >= 0.3 is 0 Å². The van der Waals surface area contributed by atoms with Crippen LogP contribution in [0, 0.1) is 53.7 Å². The van der Waals surface area contributed by atoms with E-state index in [2.05, 4.69) is 77.9 Å². The van der Waals surface area contributed by atoms with Crippen molar-refractivity contribution in [1.82, 2.24) is 0 Å². The molecular weight excluding hydrogens is 490 g/mol. The van der Waals surface area contributed by atoms with Crippen LogP contribution in [0.2, 0.25) is 0 Å². The van der Waals surface area contributed by atoms with Crippen LogP contribution in [-0.2, 0) is 65.4 Å². The molecule has 3 aliphatic rings. The zero-order chi connectivity index (χ0) is 18.3. The van der Waals surface area contributed by atoms with E-state index in [0.717, 1.165) is 0 Å². The maximum absolute atomic E-state index is 3.78. The van der Waals surface area contributed by atoms with Crippen molar-refractivity contribution < 1.29 is 65.4 Å². The number of hydrogen-bond acceptors (Lipinski definition) is 0. The van der Waals surface area contributed by atoms with Gasteiger partial charge in [0.15, 0.2) is 0 Å². The third kappa shape index (κ3) is 2.85. The number of hydrogen-bond donors (Lipinski definition) is 0. The molecular formula is C26H24Y2-2. The molecule has 2 radical (unpaired) electrons. The zero-order valence-electron chi connectivity index (χ0n) is 17.6. The van der Waals surface area contributed by atoms with E-state index in [1.54, 1.807) is 0 Å². The van der Waals surface area contributed by atoms with Gasteiger partial charge in [0.2, 0.25) is 0 Å². The molecule has 3 aromatic carbocycles. The standard InChI is InChI=1S/C26H24.2Y/c1-13-11-21-23(17(5)15(13)3)26-20-10-8-7-9-19(20)25(21)22-12-14(2)16(4)18(6)24(22)26;;/h7-10,25-26H,1-6H3;;/q-2;;. The van der Waals surface area contributed by atoms with Gasteiger partial charge in [-0.2, -0.15) is 45.5 Å². The molecule has 0 nitrogen and oxygen atoms in total. The van der Waals surface area contributed by atoms with Crippen molar-refractivity contribution in [2.24, 2.45) is 0 Å². The average molecular weight is 514 g/mol. The van der Waals surface area contributed by atoms with Crippen molar-refractivity contribution >= 4 is 0 Å². The molecule has 0 saturated heterocycles. The molecule has 0 amide bonds. The van der Waals surface area contributed by atoms with Crippen LogP contribution < -0.4 is 0 Å². The minimum absolute atomic E-state index is 0. The van der Waals surface area contributed by atoms with Crippen LogP contribution in [0.25, 0.3) is 0 Å². The van der Waals surface area contributed by atoms with Gasteiger partial charge in [-0.3, -0.25) is 0 Å². The topological polar surface area (TPSA) is 0 Å². The van der Waals surface area contributed by atoms with Gasteiger partial charge in [0.1, 0.15) is 0 Å². The minimum Gasteiger partial charge on any atom is -0.176 e. The summed E-state index contributed by atoms with van der Waals surface area (Å²) in [6.07, 6.45) is 0. The largest absolute Gasteiger partial charge is 0.176 e. The van der Waals surface area contributed by atoms with Crippen molar-refractivity contribution in [3.63, 3.8) is 0 Å². The Morgan fingerprint density at radius 1 is 0.571 bits per heavy atom. The Bertz CT molecular complexity index is 1040. The molecule has 2 heteroatoms. The number of benzene rings is 3. The fourth-order valence-electron chi connectivity index (χ4n) is 5.24. The van der Waals surface area contributed by atoms with E-state index in [-0.39, 0.29) is 71.3 Å². The molecule has 0 fully saturated rings. The fraction of sp³-hybridized carbons (Fsp3) is 0.308. The fourth-order valence-corrected chi connectivity index (χ4v) is 5.24. The van der Waals surface area contributed by atoms with Crippen LogP contribution in [0.3, 0.4) is 0 Å². The molecule has 0 aromatic heterocycles. The zero-order valence-corrected chi connectivity index (χ0v) is 23.3. The van der Waals surface area contributed by atoms with E-state index in [4.69, 9.17) is 0 Å². The summed E-state index contributed by atoms with van der Waals surface area (Å²) in [4.78, 5) is 0. The molecule has 0 heterocycles. The normalized spacial score (nSPS) is 17.8. The summed E-state index contributed by atoms with van der Waals surface area (Å²) in [6.45, 7) is 13.5. The van der Waals surface area contributed by atoms with Crippen LogP contribution in [0.4, 0.5) is 0 Å². The van der Waals surface area contributed by atoms with Gasteiger partial charge in [0, 0.05) is 65.4 Å². The van der Waals surface area contributed by atoms with Crippen LogP contribution in [0.15, 0.2) is 24.3 Å². The second kappa shape index (κ2) is 7.85. The Morgan fingerprint density at radius 3 is 1.39 bits per heavy atom. The molecule has 2 bridgehead atoms. The molecule has 0 atom stereocenters. The van der Waals surface area contributed by atoms with Crippen LogP contribution in [0.5, 0.6) is 0 Å². The van der Waals surface area contributed by atoms with Gasteiger partial charge < -0.3 is 0 Å².